The van der Waals surface area contributed by atoms with Crippen molar-refractivity contribution in [2.75, 3.05) is 32.7 Å². The first-order valence-electron chi connectivity index (χ1n) is 23.8. The van der Waals surface area contributed by atoms with E-state index in [0.717, 1.165) is 6.92 Å². The van der Waals surface area contributed by atoms with Gasteiger partial charge in [0.1, 0.15) is 54.4 Å². The largest absolute Gasteiger partial charge is 0.481 e. The van der Waals surface area contributed by atoms with E-state index >= 15 is 0 Å². The number of aliphatic carboxylic acids is 1. The van der Waals surface area contributed by atoms with E-state index in [2.05, 4.69) is 47.9 Å². The normalized spacial score (nSPS) is 23.8. The summed E-state index contributed by atoms with van der Waals surface area (Å²) in [6.45, 7) is 6.29. The molecule has 1 aliphatic rings. The Morgan fingerprint density at radius 2 is 1.08 bits per heavy atom. The molecule has 1 aromatic carbocycles. The Labute approximate surface area is 418 Å². The number of aliphatic hydroxyl groups is 2. The van der Waals surface area contributed by atoms with Gasteiger partial charge in [-0.1, -0.05) is 44.2 Å². The summed E-state index contributed by atoms with van der Waals surface area (Å²) >= 11 is 0. The lowest BCUT2D eigenvalue weighted by Crippen LogP contribution is -2.61. The number of carboxylic acids is 1. The predicted molar refractivity (Wildman–Crippen MR) is 262 cm³/mol. The summed E-state index contributed by atoms with van der Waals surface area (Å²) in [5.41, 5.74) is 29.6. The Morgan fingerprint density at radius 3 is 1.54 bits per heavy atom. The molecular formula is C45H78N14O13. The number of benzene rings is 1. The van der Waals surface area contributed by atoms with Crippen LogP contribution in [0.5, 0.6) is 0 Å². The minimum Gasteiger partial charge on any atom is -0.481 e. The Bertz CT molecular complexity index is 1940. The molecule has 406 valence electrons. The van der Waals surface area contributed by atoms with Crippen molar-refractivity contribution in [3.8, 4) is 0 Å². The molecule has 0 aromatic heterocycles. The number of carboxylic acid groups (broad SMARTS) is 1. The summed E-state index contributed by atoms with van der Waals surface area (Å²) in [5.74, 6) is -8.97. The highest BCUT2D eigenvalue weighted by molar-refractivity contribution is 5.98. The Morgan fingerprint density at radius 1 is 0.639 bits per heavy atom. The number of hydrogen-bond acceptors (Lipinski definition) is 17. The van der Waals surface area contributed by atoms with Crippen LogP contribution in [0.4, 0.5) is 0 Å². The zero-order valence-corrected chi connectivity index (χ0v) is 41.6. The number of carbonyl (C=O) groups excluding carboxylic acids is 9. The van der Waals surface area contributed by atoms with Crippen molar-refractivity contribution >= 4 is 59.1 Å². The van der Waals surface area contributed by atoms with E-state index in [1.807, 2.05) is 0 Å². The fourth-order valence-electron chi connectivity index (χ4n) is 7.00. The second-order valence-corrected chi connectivity index (χ2v) is 17.6. The molecule has 27 nitrogen and oxygen atoms in total. The molecule has 0 aliphatic carbocycles. The molecule has 11 atom stereocenters. The van der Waals surface area contributed by atoms with Crippen LogP contribution in [-0.2, 0) is 54.4 Å². The number of hydrogen-bond donors (Lipinski definition) is 17. The van der Waals surface area contributed by atoms with E-state index in [4.69, 9.17) is 38.6 Å². The van der Waals surface area contributed by atoms with E-state index in [0.29, 0.717) is 5.56 Å². The van der Waals surface area contributed by atoms with Gasteiger partial charge in [0.15, 0.2) is 0 Å². The van der Waals surface area contributed by atoms with Crippen LogP contribution in [0.2, 0.25) is 0 Å². The quantitative estimate of drug-likeness (QED) is 0.0650. The van der Waals surface area contributed by atoms with Crippen molar-refractivity contribution < 1.29 is 63.3 Å². The van der Waals surface area contributed by atoms with Crippen LogP contribution < -0.4 is 76.5 Å². The van der Waals surface area contributed by atoms with Gasteiger partial charge in [-0.2, -0.15) is 0 Å². The number of aliphatic hydroxyl groups excluding tert-OH is 2. The topological polar surface area (TPSA) is 470 Å². The maximum atomic E-state index is 14.2. The van der Waals surface area contributed by atoms with Gasteiger partial charge in [0, 0.05) is 19.9 Å². The highest BCUT2D eigenvalue weighted by Crippen LogP contribution is 2.11. The molecule has 0 spiro atoms. The van der Waals surface area contributed by atoms with Gasteiger partial charge in [0.2, 0.25) is 53.2 Å². The summed E-state index contributed by atoms with van der Waals surface area (Å²) in [4.78, 5) is 133. The standard InChI is InChI=1S/C43H74N14O11.C2H4O2/c1-22(2)20-31-40(65)52-26(10-15-44)35(60)51-29(13-18-47)39(64)57-34(24(4)59)43(68)49-19-14-30(53-36(61)28(12-17-46)54-42(67)33(48)23(3)58)38(63)50-27(11-16-45)37(62)56-32(41(66)55-31)21-25-8-6-5-7-9-25;1-2(3)4/h5-9,22-24,26-34,58-59H,10-21,44-48H2,1-4H3,(H,49,68)(H,50,63)(H,51,60)(H,52,65)(H,53,61)(H,54,67)(H,55,66)(H,56,62)(H,57,64);1H3,(H,3,4). The van der Waals surface area contributed by atoms with E-state index < -0.39 is 132 Å². The predicted octanol–water partition coefficient (Wildman–Crippen LogP) is -6.75. The molecule has 72 heavy (non-hydrogen) atoms. The molecule has 0 radical (unpaired) electrons. The molecule has 1 aromatic rings. The molecule has 2 rings (SSSR count). The lowest BCUT2D eigenvalue weighted by atomic mass is 10.00. The summed E-state index contributed by atoms with van der Waals surface area (Å²) in [6, 6.07) is -4.14. The van der Waals surface area contributed by atoms with Crippen molar-refractivity contribution in [3.63, 3.8) is 0 Å². The van der Waals surface area contributed by atoms with Gasteiger partial charge in [0.25, 0.3) is 5.97 Å². The molecule has 1 heterocycles. The molecule has 0 bridgehead atoms. The third kappa shape index (κ3) is 23.2. The zero-order chi connectivity index (χ0) is 54.7. The Kier molecular flexibility index (Phi) is 29.5. The minimum atomic E-state index is -1.63. The highest BCUT2D eigenvalue weighted by Gasteiger charge is 2.36. The van der Waals surface area contributed by atoms with Gasteiger partial charge in [-0.05, 0) is 90.0 Å². The Balaban J connectivity index is 0.00000623. The summed E-state index contributed by atoms with van der Waals surface area (Å²) in [6.07, 6.45) is -3.78. The van der Waals surface area contributed by atoms with Gasteiger partial charge in [-0.3, -0.25) is 47.9 Å². The average Bonchev–Trinajstić information content (AvgIpc) is 3.30. The first kappa shape index (κ1) is 63.7. The van der Waals surface area contributed by atoms with Crippen LogP contribution in [0.25, 0.3) is 0 Å². The van der Waals surface area contributed by atoms with E-state index in [-0.39, 0.29) is 77.0 Å². The van der Waals surface area contributed by atoms with Crippen LogP contribution in [-0.4, -0.2) is 174 Å². The molecule has 1 aliphatic heterocycles. The molecule has 27 heteroatoms. The molecule has 22 N–H and O–H groups in total. The maximum absolute atomic E-state index is 14.2. The lowest BCUT2D eigenvalue weighted by Gasteiger charge is -2.28. The molecule has 0 saturated carbocycles. The molecule has 11 unspecified atom stereocenters. The summed E-state index contributed by atoms with van der Waals surface area (Å²) in [7, 11) is 0. The van der Waals surface area contributed by atoms with Gasteiger partial charge < -0.3 is 91.8 Å². The van der Waals surface area contributed by atoms with Crippen LogP contribution in [0.3, 0.4) is 0 Å². The van der Waals surface area contributed by atoms with Gasteiger partial charge in [0.05, 0.1) is 12.2 Å². The number of nitrogens with two attached hydrogens (primary N) is 5. The van der Waals surface area contributed by atoms with Crippen molar-refractivity contribution in [3.05, 3.63) is 35.9 Å². The van der Waals surface area contributed by atoms with Crippen molar-refractivity contribution in [1.29, 1.82) is 0 Å². The monoisotopic (exact) mass is 1020 g/mol. The number of nitrogens with one attached hydrogen (secondary N) is 9. The zero-order valence-electron chi connectivity index (χ0n) is 41.6. The van der Waals surface area contributed by atoms with Crippen LogP contribution in [0.15, 0.2) is 30.3 Å². The average molecular weight is 1020 g/mol. The van der Waals surface area contributed by atoms with Gasteiger partial charge >= 0.3 is 0 Å². The van der Waals surface area contributed by atoms with Crippen molar-refractivity contribution in [2.45, 2.75) is 146 Å². The van der Waals surface area contributed by atoms with Crippen LogP contribution >= 0.6 is 0 Å². The van der Waals surface area contributed by atoms with Gasteiger partial charge in [-0.25, -0.2) is 0 Å². The smallest absolute Gasteiger partial charge is 0.300 e. The second kappa shape index (κ2) is 33.3. The molecule has 9 amide bonds. The fourth-order valence-corrected chi connectivity index (χ4v) is 7.00. The summed E-state index contributed by atoms with van der Waals surface area (Å²) in [5, 5.41) is 50.8. The lowest BCUT2D eigenvalue weighted by molar-refractivity contribution is -0.136. The third-order valence-electron chi connectivity index (χ3n) is 10.9. The SMILES string of the molecule is CC(=O)O.CC(C)CC1NC(=O)C(Cc2ccccc2)NC(=O)C(CCN)NC(=O)C(NC(=O)C(CCN)NC(=O)C(N)C(C)O)CCNC(=O)C(C(C)O)NC(=O)C(CCN)NC(=O)C(CCN)NC1=O. The first-order chi connectivity index (χ1) is 33.9. The third-order valence-corrected chi connectivity index (χ3v) is 10.9. The molecular weight excluding hydrogens is 945 g/mol. The van der Waals surface area contributed by atoms with Crippen molar-refractivity contribution in [2.24, 2.45) is 34.6 Å². The number of rotatable bonds is 18. The first-order valence-corrected chi connectivity index (χ1v) is 23.8. The number of carbonyl (C=O) groups is 10. The van der Waals surface area contributed by atoms with E-state index in [1.54, 1.807) is 44.2 Å². The van der Waals surface area contributed by atoms with Crippen LogP contribution in [0, 0.1) is 5.92 Å². The minimum absolute atomic E-state index is 0.0731. The van der Waals surface area contributed by atoms with Crippen molar-refractivity contribution in [1.82, 2.24) is 47.9 Å². The summed E-state index contributed by atoms with van der Waals surface area (Å²) < 4.78 is 0. The second-order valence-electron chi connectivity index (χ2n) is 17.6. The molecule has 1 fully saturated rings. The van der Waals surface area contributed by atoms with Crippen LogP contribution in [0.1, 0.15) is 78.7 Å². The Hall–Kier alpha value is -6.36. The van der Waals surface area contributed by atoms with Gasteiger partial charge in [-0.15, -0.1) is 0 Å². The maximum Gasteiger partial charge on any atom is 0.300 e. The molecule has 1 saturated heterocycles. The fraction of sp³-hybridized carbons (Fsp3) is 0.644. The van der Waals surface area contributed by atoms with E-state index in [9.17, 15) is 53.4 Å². The van der Waals surface area contributed by atoms with E-state index in [1.165, 1.54) is 13.8 Å². The highest BCUT2D eigenvalue weighted by atomic mass is 16.4. The number of amides is 9.